The van der Waals surface area contributed by atoms with E-state index in [9.17, 15) is 0 Å². The Hall–Kier alpha value is 0. The van der Waals surface area contributed by atoms with Crippen LogP contribution in [0.1, 0.15) is 107 Å². The molecule has 0 aromatic heterocycles. The lowest BCUT2D eigenvalue weighted by atomic mass is 10.2. The molecule has 0 atom stereocenters. The van der Waals surface area contributed by atoms with Crippen LogP contribution in [0.15, 0.2) is 0 Å². The van der Waals surface area contributed by atoms with Gasteiger partial charge in [0.25, 0.3) is 0 Å². The molecular weight excluding hydrogens is 204 g/mol. The molecule has 0 aliphatic carbocycles. The molecule has 0 amide bonds. The summed E-state index contributed by atoms with van der Waals surface area (Å²) in [5.41, 5.74) is 0. The Morgan fingerprint density at radius 3 is 0.824 bits per heavy atom. The maximum atomic E-state index is 2.22. The van der Waals surface area contributed by atoms with Gasteiger partial charge < -0.3 is 0 Å². The van der Waals surface area contributed by atoms with Gasteiger partial charge in [0.2, 0.25) is 0 Å². The molecular formula is C17H42. The number of hydrogen-bond acceptors (Lipinski definition) is 0. The van der Waals surface area contributed by atoms with E-state index in [0.717, 1.165) is 5.92 Å². The molecule has 17 heavy (non-hydrogen) atoms. The highest BCUT2D eigenvalue weighted by Gasteiger charge is 1.80. The molecule has 0 rings (SSSR count). The van der Waals surface area contributed by atoms with Crippen LogP contribution < -0.4 is 0 Å². The van der Waals surface area contributed by atoms with Crippen molar-refractivity contribution in [3.63, 3.8) is 0 Å². The summed E-state index contributed by atoms with van der Waals surface area (Å²) in [5, 5.41) is 0. The summed E-state index contributed by atoms with van der Waals surface area (Å²) in [5.74, 6) is 0.884. The summed E-state index contributed by atoms with van der Waals surface area (Å²) in [6.45, 7) is 19.7. The fourth-order valence-electron chi connectivity index (χ4n) is 0.354. The standard InChI is InChI=1S/2C5H12.C4H10.C3H8/c1-4-5(2)3;1-3-5-4-2;1-3-4-2;1-3-2/h5H,4H2,1-3H3;3-5H2,1-2H3;3-4H2,1-2H3;3H2,1-2H3. The van der Waals surface area contributed by atoms with Gasteiger partial charge >= 0.3 is 0 Å². The van der Waals surface area contributed by atoms with E-state index in [1.54, 1.807) is 0 Å². The lowest BCUT2D eigenvalue weighted by molar-refractivity contribution is 0.626. The van der Waals surface area contributed by atoms with E-state index < -0.39 is 0 Å². The predicted molar refractivity (Wildman–Crippen MR) is 86.9 cm³/mol. The summed E-state index contributed by atoms with van der Waals surface area (Å²) in [4.78, 5) is 0. The molecule has 0 spiro atoms. The van der Waals surface area contributed by atoms with E-state index in [2.05, 4.69) is 62.3 Å². The molecule has 0 aromatic rings. The highest BCUT2D eigenvalue weighted by molar-refractivity contribution is 4.32. The van der Waals surface area contributed by atoms with Gasteiger partial charge in [-0.05, 0) is 5.92 Å². The van der Waals surface area contributed by atoms with Crippen LogP contribution in [0.2, 0.25) is 0 Å². The maximum absolute atomic E-state index is 2.22. The van der Waals surface area contributed by atoms with Gasteiger partial charge in [0.15, 0.2) is 0 Å². The molecule has 0 saturated carbocycles. The van der Waals surface area contributed by atoms with E-state index in [1.807, 2.05) is 0 Å². The maximum Gasteiger partial charge on any atom is -0.0474 e. The monoisotopic (exact) mass is 246 g/mol. The summed E-state index contributed by atoms with van der Waals surface area (Å²) in [6.07, 6.45) is 9.27. The highest BCUT2D eigenvalue weighted by Crippen LogP contribution is 1.93. The van der Waals surface area contributed by atoms with E-state index in [0.29, 0.717) is 0 Å². The largest absolute Gasteiger partial charge is 0.0656 e. The first-order chi connectivity index (χ1) is 8.01. The minimum Gasteiger partial charge on any atom is -0.0656 e. The SMILES string of the molecule is CCC.CCC(C)C.CCCC.CCCCC. The van der Waals surface area contributed by atoms with Crippen LogP contribution in [0.25, 0.3) is 0 Å². The molecule has 0 saturated heterocycles. The van der Waals surface area contributed by atoms with Crippen LogP contribution in [0.5, 0.6) is 0 Å². The Morgan fingerprint density at radius 1 is 0.588 bits per heavy atom. The Kier molecular flexibility index (Phi) is 54.5. The summed E-state index contributed by atoms with van der Waals surface area (Å²) in [6, 6.07) is 0. The number of hydrogen-bond donors (Lipinski definition) is 0. The van der Waals surface area contributed by atoms with Crippen LogP contribution >= 0.6 is 0 Å². The van der Waals surface area contributed by atoms with Crippen molar-refractivity contribution in [1.29, 1.82) is 0 Å². The second-order valence-corrected chi connectivity index (χ2v) is 4.86. The third-order valence-corrected chi connectivity index (χ3v) is 2.02. The van der Waals surface area contributed by atoms with E-state index in [-0.39, 0.29) is 0 Å². The minimum atomic E-state index is 0.884. The van der Waals surface area contributed by atoms with Crippen molar-refractivity contribution in [2.24, 2.45) is 5.92 Å². The van der Waals surface area contributed by atoms with Crippen molar-refractivity contribution in [2.75, 3.05) is 0 Å². The Labute approximate surface area is 114 Å². The van der Waals surface area contributed by atoms with Crippen molar-refractivity contribution in [1.82, 2.24) is 0 Å². The molecule has 0 bridgehead atoms. The fourth-order valence-corrected chi connectivity index (χ4v) is 0.354. The van der Waals surface area contributed by atoms with Crippen LogP contribution in [0.4, 0.5) is 0 Å². The predicted octanol–water partition coefficient (Wildman–Crippen LogP) is 7.47. The molecule has 0 aliphatic rings. The number of rotatable bonds is 4. The fraction of sp³-hybridized carbons (Fsp3) is 1.00. The molecule has 0 heterocycles. The zero-order valence-electron chi connectivity index (χ0n) is 14.5. The molecule has 0 aliphatic heterocycles. The molecule has 0 aromatic carbocycles. The molecule has 0 nitrogen and oxygen atoms in total. The molecule has 0 N–H and O–H groups in total. The third kappa shape index (κ3) is 125. The lowest BCUT2D eigenvalue weighted by Gasteiger charge is -1.90. The van der Waals surface area contributed by atoms with Gasteiger partial charge in [0, 0.05) is 0 Å². The van der Waals surface area contributed by atoms with Gasteiger partial charge in [-0.25, -0.2) is 0 Å². The summed E-state index contributed by atoms with van der Waals surface area (Å²) >= 11 is 0. The minimum absolute atomic E-state index is 0.884. The Balaban J connectivity index is -0.0000000676. The van der Waals surface area contributed by atoms with Crippen LogP contribution in [0.3, 0.4) is 0 Å². The normalized spacial score (nSPS) is 8.12. The number of unbranched alkanes of at least 4 members (excludes halogenated alkanes) is 3. The van der Waals surface area contributed by atoms with E-state index in [4.69, 9.17) is 0 Å². The zero-order chi connectivity index (χ0) is 14.5. The average Bonchev–Trinajstić information content (AvgIpc) is 2.32. The Bertz CT molecular complexity index is 60.4. The van der Waals surface area contributed by atoms with Crippen molar-refractivity contribution < 1.29 is 0 Å². The van der Waals surface area contributed by atoms with Gasteiger partial charge in [0.1, 0.15) is 0 Å². The van der Waals surface area contributed by atoms with E-state index in [1.165, 1.54) is 44.9 Å². The smallest absolute Gasteiger partial charge is 0.0474 e. The molecule has 0 radical (unpaired) electrons. The third-order valence-electron chi connectivity index (χ3n) is 2.02. The quantitative estimate of drug-likeness (QED) is 0.482. The van der Waals surface area contributed by atoms with Gasteiger partial charge in [-0.1, -0.05) is 107 Å². The van der Waals surface area contributed by atoms with Crippen molar-refractivity contribution in [3.8, 4) is 0 Å². The average molecular weight is 247 g/mol. The van der Waals surface area contributed by atoms with Crippen molar-refractivity contribution in [3.05, 3.63) is 0 Å². The first-order valence-corrected chi connectivity index (χ1v) is 8.01. The first kappa shape index (κ1) is 25.8. The molecule has 0 unspecified atom stereocenters. The second kappa shape index (κ2) is 36.0. The van der Waals surface area contributed by atoms with Crippen LogP contribution in [0, 0.1) is 5.92 Å². The highest BCUT2D eigenvalue weighted by atomic mass is 13.9. The first-order valence-electron chi connectivity index (χ1n) is 8.01. The summed E-state index contributed by atoms with van der Waals surface area (Å²) in [7, 11) is 0. The molecule has 0 heteroatoms. The lowest BCUT2D eigenvalue weighted by Crippen LogP contribution is -1.77. The second-order valence-electron chi connectivity index (χ2n) is 4.86. The van der Waals surface area contributed by atoms with Crippen LogP contribution in [-0.2, 0) is 0 Å². The topological polar surface area (TPSA) is 0 Å². The Morgan fingerprint density at radius 2 is 0.824 bits per heavy atom. The van der Waals surface area contributed by atoms with Gasteiger partial charge in [-0.3, -0.25) is 0 Å². The van der Waals surface area contributed by atoms with Crippen molar-refractivity contribution >= 4 is 0 Å². The van der Waals surface area contributed by atoms with Gasteiger partial charge in [-0.15, -0.1) is 0 Å². The van der Waals surface area contributed by atoms with Crippen LogP contribution in [-0.4, -0.2) is 0 Å². The van der Waals surface area contributed by atoms with E-state index >= 15 is 0 Å². The zero-order valence-corrected chi connectivity index (χ0v) is 14.5. The van der Waals surface area contributed by atoms with Gasteiger partial charge in [-0.2, -0.15) is 0 Å². The van der Waals surface area contributed by atoms with Crippen molar-refractivity contribution in [2.45, 2.75) is 107 Å². The molecule has 0 fully saturated rings. The molecule has 110 valence electrons. The van der Waals surface area contributed by atoms with Gasteiger partial charge in [0.05, 0.1) is 0 Å². The summed E-state index contributed by atoms with van der Waals surface area (Å²) < 4.78 is 0.